The van der Waals surface area contributed by atoms with Crippen LogP contribution in [-0.4, -0.2) is 9.55 Å². The van der Waals surface area contributed by atoms with Crippen LogP contribution in [0.1, 0.15) is 43.6 Å². The minimum absolute atomic E-state index is 0.208. The number of aromatic nitrogens is 2. The van der Waals surface area contributed by atoms with Crippen molar-refractivity contribution in [3.05, 3.63) is 29.6 Å². The number of hydrogen-bond donors (Lipinski definition) is 0. The number of fused-ring (bicyclic) bond motifs is 1. The van der Waals surface area contributed by atoms with Crippen LogP contribution in [-0.2, 0) is 12.1 Å². The summed E-state index contributed by atoms with van der Waals surface area (Å²) in [6.07, 6.45) is -1.06. The van der Waals surface area contributed by atoms with Crippen molar-refractivity contribution in [2.75, 3.05) is 0 Å². The fourth-order valence-corrected chi connectivity index (χ4v) is 3.49. The van der Waals surface area contributed by atoms with Crippen LogP contribution in [0.4, 0.5) is 13.2 Å². The number of halogens is 4. The Morgan fingerprint density at radius 2 is 2.10 bits per heavy atom. The van der Waals surface area contributed by atoms with Gasteiger partial charge in [0, 0.05) is 6.04 Å². The predicted molar refractivity (Wildman–Crippen MR) is 76.3 cm³/mol. The van der Waals surface area contributed by atoms with E-state index in [1.54, 1.807) is 0 Å². The van der Waals surface area contributed by atoms with Gasteiger partial charge in [-0.25, -0.2) is 4.98 Å². The van der Waals surface area contributed by atoms with Crippen molar-refractivity contribution in [3.8, 4) is 0 Å². The lowest BCUT2D eigenvalue weighted by Crippen LogP contribution is -2.14. The largest absolute Gasteiger partial charge is 0.416 e. The molecule has 1 aromatic carbocycles. The summed E-state index contributed by atoms with van der Waals surface area (Å²) < 4.78 is 40.5. The van der Waals surface area contributed by atoms with Crippen molar-refractivity contribution in [1.29, 1.82) is 0 Å². The molecule has 0 bridgehead atoms. The van der Waals surface area contributed by atoms with E-state index in [2.05, 4.69) is 11.9 Å². The molecular weight excluding hydrogens is 301 g/mol. The molecule has 1 saturated carbocycles. The fraction of sp³-hybridized carbons (Fsp3) is 0.533. The molecule has 3 rings (SSSR count). The molecule has 0 saturated heterocycles. The number of alkyl halides is 4. The molecule has 2 atom stereocenters. The molecule has 21 heavy (non-hydrogen) atoms. The zero-order chi connectivity index (χ0) is 15.2. The summed E-state index contributed by atoms with van der Waals surface area (Å²) in [6.45, 7) is 2.17. The first-order valence-electron chi connectivity index (χ1n) is 7.06. The summed E-state index contributed by atoms with van der Waals surface area (Å²) >= 11 is 5.95. The van der Waals surface area contributed by atoms with E-state index in [9.17, 15) is 13.2 Å². The summed E-state index contributed by atoms with van der Waals surface area (Å²) in [6, 6.07) is 4.03. The molecule has 2 nitrogen and oxygen atoms in total. The van der Waals surface area contributed by atoms with Crippen molar-refractivity contribution in [2.45, 2.75) is 44.3 Å². The topological polar surface area (TPSA) is 17.8 Å². The smallest absolute Gasteiger partial charge is 0.324 e. The van der Waals surface area contributed by atoms with Gasteiger partial charge in [0.1, 0.15) is 5.82 Å². The van der Waals surface area contributed by atoms with E-state index in [-0.39, 0.29) is 11.9 Å². The number of rotatable bonds is 2. The molecule has 1 heterocycles. The summed E-state index contributed by atoms with van der Waals surface area (Å²) in [5.41, 5.74) is 0.456. The molecule has 2 unspecified atom stereocenters. The van der Waals surface area contributed by atoms with Crippen LogP contribution < -0.4 is 0 Å². The Kier molecular flexibility index (Phi) is 3.64. The Bertz CT molecular complexity index is 663. The Labute approximate surface area is 125 Å². The number of nitrogens with zero attached hydrogens (tertiary/aromatic N) is 2. The zero-order valence-electron chi connectivity index (χ0n) is 11.6. The molecule has 6 heteroatoms. The standard InChI is InChI=1S/C15H16ClF3N2/c1-9-3-2-4-12(9)21-13-6-5-10(15(17,18)19)7-11(13)20-14(21)8-16/h5-7,9,12H,2-4,8H2,1H3. The number of imidazole rings is 1. The van der Waals surface area contributed by atoms with E-state index in [1.165, 1.54) is 6.07 Å². The van der Waals surface area contributed by atoms with Crippen LogP contribution in [0.2, 0.25) is 0 Å². The SMILES string of the molecule is CC1CCCC1n1c(CCl)nc2cc(C(F)(F)F)ccc21. The maximum Gasteiger partial charge on any atom is 0.416 e. The maximum atomic E-state index is 12.8. The van der Waals surface area contributed by atoms with Crippen LogP contribution in [0.5, 0.6) is 0 Å². The third-order valence-electron chi connectivity index (χ3n) is 4.36. The van der Waals surface area contributed by atoms with Gasteiger partial charge in [-0.15, -0.1) is 11.6 Å². The molecule has 0 spiro atoms. The van der Waals surface area contributed by atoms with Gasteiger partial charge in [0.05, 0.1) is 22.5 Å². The van der Waals surface area contributed by atoms with Crippen LogP contribution in [0.25, 0.3) is 11.0 Å². The van der Waals surface area contributed by atoms with Crippen molar-refractivity contribution in [1.82, 2.24) is 9.55 Å². The van der Waals surface area contributed by atoms with Crippen molar-refractivity contribution < 1.29 is 13.2 Å². The first kappa shape index (κ1) is 14.7. The van der Waals surface area contributed by atoms with Gasteiger partial charge in [0.2, 0.25) is 0 Å². The number of benzene rings is 1. The zero-order valence-corrected chi connectivity index (χ0v) is 12.4. The quantitative estimate of drug-likeness (QED) is 0.700. The lowest BCUT2D eigenvalue weighted by molar-refractivity contribution is -0.137. The third kappa shape index (κ3) is 2.52. The second-order valence-electron chi connectivity index (χ2n) is 5.71. The molecule has 0 amide bonds. The summed E-state index contributed by atoms with van der Waals surface area (Å²) in [5, 5.41) is 0. The van der Waals surface area contributed by atoms with Crippen molar-refractivity contribution in [3.63, 3.8) is 0 Å². The van der Waals surface area contributed by atoms with E-state index >= 15 is 0 Å². The average Bonchev–Trinajstić information content (AvgIpc) is 2.99. The molecule has 1 aliphatic rings. The molecule has 1 fully saturated rings. The molecule has 0 N–H and O–H groups in total. The first-order valence-corrected chi connectivity index (χ1v) is 7.59. The molecule has 0 aliphatic heterocycles. The Hall–Kier alpha value is -1.23. The van der Waals surface area contributed by atoms with Gasteiger partial charge in [0.25, 0.3) is 0 Å². The monoisotopic (exact) mass is 316 g/mol. The predicted octanol–water partition coefficient (Wildman–Crippen LogP) is 5.16. The molecular formula is C15H16ClF3N2. The molecule has 1 aliphatic carbocycles. The van der Waals surface area contributed by atoms with Crippen LogP contribution in [0, 0.1) is 5.92 Å². The van der Waals surface area contributed by atoms with E-state index in [0.717, 1.165) is 36.9 Å². The highest BCUT2D eigenvalue weighted by molar-refractivity contribution is 6.16. The van der Waals surface area contributed by atoms with Crippen LogP contribution in [0.3, 0.4) is 0 Å². The summed E-state index contributed by atoms with van der Waals surface area (Å²) in [4.78, 5) is 4.32. The normalized spacial score (nSPS) is 23.1. The second-order valence-corrected chi connectivity index (χ2v) is 5.98. The van der Waals surface area contributed by atoms with Gasteiger partial charge in [-0.2, -0.15) is 13.2 Å². The minimum Gasteiger partial charge on any atom is -0.324 e. The van der Waals surface area contributed by atoms with Gasteiger partial charge >= 0.3 is 6.18 Å². The highest BCUT2D eigenvalue weighted by Gasteiger charge is 2.32. The van der Waals surface area contributed by atoms with Crippen LogP contribution >= 0.6 is 11.6 Å². The maximum absolute atomic E-state index is 12.8. The van der Waals surface area contributed by atoms with Gasteiger partial charge < -0.3 is 4.57 Å². The third-order valence-corrected chi connectivity index (χ3v) is 4.60. The Morgan fingerprint density at radius 3 is 2.67 bits per heavy atom. The van der Waals surface area contributed by atoms with E-state index in [4.69, 9.17) is 11.6 Å². The Morgan fingerprint density at radius 1 is 1.33 bits per heavy atom. The molecule has 114 valence electrons. The lowest BCUT2D eigenvalue weighted by Gasteiger charge is -2.20. The van der Waals surface area contributed by atoms with Gasteiger partial charge in [-0.1, -0.05) is 13.3 Å². The minimum atomic E-state index is -4.35. The van der Waals surface area contributed by atoms with E-state index in [0.29, 0.717) is 17.3 Å². The second kappa shape index (κ2) is 5.20. The number of hydrogen-bond acceptors (Lipinski definition) is 1. The van der Waals surface area contributed by atoms with Crippen molar-refractivity contribution in [2.24, 2.45) is 5.92 Å². The van der Waals surface area contributed by atoms with Crippen LogP contribution in [0.15, 0.2) is 18.2 Å². The Balaban J connectivity index is 2.15. The molecule has 0 radical (unpaired) electrons. The van der Waals surface area contributed by atoms with Gasteiger partial charge in [0.15, 0.2) is 0 Å². The highest BCUT2D eigenvalue weighted by atomic mass is 35.5. The van der Waals surface area contributed by atoms with E-state index < -0.39 is 11.7 Å². The van der Waals surface area contributed by atoms with E-state index in [1.807, 2.05) is 4.57 Å². The first-order chi connectivity index (χ1) is 9.91. The van der Waals surface area contributed by atoms with Crippen molar-refractivity contribution >= 4 is 22.6 Å². The summed E-state index contributed by atoms with van der Waals surface area (Å²) in [7, 11) is 0. The molecule has 2 aromatic rings. The highest BCUT2D eigenvalue weighted by Crippen LogP contribution is 2.39. The summed E-state index contributed by atoms with van der Waals surface area (Å²) in [5.74, 6) is 1.36. The average molecular weight is 317 g/mol. The molecule has 1 aromatic heterocycles. The van der Waals surface area contributed by atoms with Gasteiger partial charge in [-0.3, -0.25) is 0 Å². The van der Waals surface area contributed by atoms with Gasteiger partial charge in [-0.05, 0) is 37.0 Å². The fourth-order valence-electron chi connectivity index (χ4n) is 3.30. The lowest BCUT2D eigenvalue weighted by atomic mass is 10.1.